The largest absolute Gasteiger partial charge is 0.357 e. The fourth-order valence-corrected chi connectivity index (χ4v) is 2.52. The lowest BCUT2D eigenvalue weighted by atomic mass is 9.96. The molecule has 0 aromatic heterocycles. The molecule has 0 radical (unpaired) electrons. The van der Waals surface area contributed by atoms with Gasteiger partial charge in [-0.2, -0.15) is 0 Å². The molecule has 0 aliphatic heterocycles. The van der Waals surface area contributed by atoms with E-state index in [0.717, 1.165) is 32.0 Å². The second kappa shape index (κ2) is 14.5. The highest BCUT2D eigenvalue weighted by Crippen LogP contribution is 2.11. The molecule has 1 amide bonds. The summed E-state index contributed by atoms with van der Waals surface area (Å²) in [6, 6.07) is 1.11. The fraction of sp³-hybridized carbons (Fsp3) is 0.895. The van der Waals surface area contributed by atoms with Crippen LogP contribution in [0.25, 0.3) is 0 Å². The van der Waals surface area contributed by atoms with E-state index in [1.165, 1.54) is 0 Å². The van der Waals surface area contributed by atoms with Crippen molar-refractivity contribution in [3.63, 3.8) is 0 Å². The molecule has 0 spiro atoms. The lowest BCUT2D eigenvalue weighted by Gasteiger charge is -2.30. The maximum absolute atomic E-state index is 11.8. The van der Waals surface area contributed by atoms with Crippen molar-refractivity contribution in [2.75, 3.05) is 32.7 Å². The van der Waals surface area contributed by atoms with Crippen LogP contribution >= 0.6 is 24.0 Å². The van der Waals surface area contributed by atoms with E-state index in [9.17, 15) is 4.79 Å². The Morgan fingerprint density at radius 1 is 1.00 bits per heavy atom. The van der Waals surface area contributed by atoms with Crippen LogP contribution in [0.2, 0.25) is 0 Å². The summed E-state index contributed by atoms with van der Waals surface area (Å²) in [6.45, 7) is 20.7. The highest BCUT2D eigenvalue weighted by Gasteiger charge is 2.20. The third kappa shape index (κ3) is 12.7. The molecule has 0 aromatic rings. The number of nitrogens with zero attached hydrogens (tertiary/aromatic N) is 2. The van der Waals surface area contributed by atoms with Crippen molar-refractivity contribution in [2.24, 2.45) is 10.4 Å². The van der Waals surface area contributed by atoms with Crippen LogP contribution in [0.3, 0.4) is 0 Å². The highest BCUT2D eigenvalue weighted by molar-refractivity contribution is 14.0. The summed E-state index contributed by atoms with van der Waals surface area (Å²) >= 11 is 0. The molecular weight excluding hydrogens is 441 g/mol. The Morgan fingerprint density at radius 3 is 2.00 bits per heavy atom. The highest BCUT2D eigenvalue weighted by atomic mass is 127. The third-order valence-electron chi connectivity index (χ3n) is 3.90. The van der Waals surface area contributed by atoms with E-state index in [1.807, 2.05) is 20.8 Å². The summed E-state index contributed by atoms with van der Waals surface area (Å²) in [5, 5.41) is 9.46. The van der Waals surface area contributed by atoms with Gasteiger partial charge in [-0.05, 0) is 41.0 Å². The summed E-state index contributed by atoms with van der Waals surface area (Å²) in [4.78, 5) is 18.9. The Hall–Kier alpha value is -0.570. The van der Waals surface area contributed by atoms with Crippen LogP contribution in [0.15, 0.2) is 4.99 Å². The number of aliphatic imine (C=N–C) groups is 1. The predicted molar refractivity (Wildman–Crippen MR) is 123 cm³/mol. The van der Waals surface area contributed by atoms with Crippen molar-refractivity contribution in [1.29, 1.82) is 0 Å². The molecule has 0 bridgehead atoms. The van der Waals surface area contributed by atoms with Crippen molar-refractivity contribution in [1.82, 2.24) is 20.9 Å². The van der Waals surface area contributed by atoms with E-state index in [4.69, 9.17) is 0 Å². The number of amides is 1. The van der Waals surface area contributed by atoms with Crippen LogP contribution in [0.4, 0.5) is 0 Å². The fourth-order valence-electron chi connectivity index (χ4n) is 2.52. The minimum absolute atomic E-state index is 0. The summed E-state index contributed by atoms with van der Waals surface area (Å²) in [5.74, 6) is 0.881. The Kier molecular flexibility index (Phi) is 15.4. The second-order valence-electron chi connectivity index (χ2n) is 7.97. The number of carbonyl (C=O) groups excluding carboxylic acids is 1. The number of hydrogen-bond donors (Lipinski definition) is 3. The average molecular weight is 483 g/mol. The van der Waals surface area contributed by atoms with Gasteiger partial charge in [0.15, 0.2) is 5.96 Å². The molecule has 0 rings (SSSR count). The smallest absolute Gasteiger partial charge is 0.225 e. The average Bonchev–Trinajstić information content (AvgIpc) is 2.48. The van der Waals surface area contributed by atoms with Crippen LogP contribution in [-0.2, 0) is 4.79 Å². The van der Waals surface area contributed by atoms with Gasteiger partial charge in [-0.1, -0.05) is 20.8 Å². The third-order valence-corrected chi connectivity index (χ3v) is 3.90. The minimum atomic E-state index is -0.350. The van der Waals surface area contributed by atoms with Gasteiger partial charge in [0.1, 0.15) is 0 Å². The number of guanidine groups is 1. The molecule has 0 aliphatic rings. The molecule has 0 heterocycles. The molecule has 0 unspecified atom stereocenters. The molecule has 0 fully saturated rings. The van der Waals surface area contributed by atoms with Crippen molar-refractivity contribution >= 4 is 35.8 Å². The van der Waals surface area contributed by atoms with Gasteiger partial charge in [0.2, 0.25) is 5.91 Å². The molecule has 7 heteroatoms. The van der Waals surface area contributed by atoms with Crippen LogP contribution in [0, 0.1) is 5.41 Å². The topological polar surface area (TPSA) is 68.8 Å². The molecule has 0 aromatic carbocycles. The van der Waals surface area contributed by atoms with Gasteiger partial charge >= 0.3 is 0 Å². The molecule has 156 valence electrons. The molecule has 6 nitrogen and oxygen atoms in total. The normalized spacial score (nSPS) is 12.3. The number of halogens is 1. The van der Waals surface area contributed by atoms with Crippen molar-refractivity contribution < 1.29 is 4.79 Å². The second-order valence-corrected chi connectivity index (χ2v) is 7.97. The molecule has 0 saturated heterocycles. The maximum atomic E-state index is 11.8. The monoisotopic (exact) mass is 483 g/mol. The minimum Gasteiger partial charge on any atom is -0.357 e. The first kappa shape index (κ1) is 27.6. The summed E-state index contributed by atoms with van der Waals surface area (Å²) < 4.78 is 0. The van der Waals surface area contributed by atoms with Crippen LogP contribution in [-0.4, -0.2) is 61.6 Å². The van der Waals surface area contributed by atoms with E-state index in [-0.39, 0.29) is 35.3 Å². The summed E-state index contributed by atoms with van der Waals surface area (Å²) in [5.41, 5.74) is -0.350. The van der Waals surface area contributed by atoms with Gasteiger partial charge in [-0.3, -0.25) is 14.7 Å². The Labute approximate surface area is 178 Å². The zero-order valence-electron chi connectivity index (χ0n) is 18.1. The van der Waals surface area contributed by atoms with E-state index in [1.54, 1.807) is 0 Å². The summed E-state index contributed by atoms with van der Waals surface area (Å²) in [6.07, 6.45) is 1.04. The van der Waals surface area contributed by atoms with E-state index in [2.05, 4.69) is 60.5 Å². The zero-order valence-corrected chi connectivity index (χ0v) is 20.4. The number of nitrogens with one attached hydrogen (secondary N) is 3. The Bertz CT molecular complexity index is 397. The van der Waals surface area contributed by atoms with Crippen LogP contribution in [0.5, 0.6) is 0 Å². The SMILES string of the molecule is CCNC(=NCCCN(C(C)C)C(C)C)NCCNC(=O)C(C)(C)C.I. The van der Waals surface area contributed by atoms with Gasteiger partial charge in [-0.15, -0.1) is 24.0 Å². The standard InChI is InChI=1S/C19H41N5O.HI/c1-9-20-18(23-13-12-21-17(25)19(6,7)8)22-11-10-14-24(15(2)3)16(4)5;/h15-16H,9-14H2,1-8H3,(H,21,25)(H2,20,22,23);1H. The van der Waals surface area contributed by atoms with Crippen LogP contribution < -0.4 is 16.0 Å². The zero-order chi connectivity index (χ0) is 19.5. The molecule has 3 N–H and O–H groups in total. The van der Waals surface area contributed by atoms with Gasteiger partial charge in [-0.25, -0.2) is 0 Å². The van der Waals surface area contributed by atoms with Crippen LogP contribution in [0.1, 0.15) is 61.8 Å². The van der Waals surface area contributed by atoms with Gasteiger partial charge < -0.3 is 16.0 Å². The Morgan fingerprint density at radius 2 is 1.54 bits per heavy atom. The molecule has 0 saturated carbocycles. The number of rotatable bonds is 10. The van der Waals surface area contributed by atoms with E-state index < -0.39 is 0 Å². The van der Waals surface area contributed by atoms with E-state index in [0.29, 0.717) is 25.2 Å². The maximum Gasteiger partial charge on any atom is 0.225 e. The quantitative estimate of drug-likeness (QED) is 0.194. The lowest BCUT2D eigenvalue weighted by molar-refractivity contribution is -0.128. The van der Waals surface area contributed by atoms with Gasteiger partial charge in [0.25, 0.3) is 0 Å². The van der Waals surface area contributed by atoms with Gasteiger partial charge in [0, 0.05) is 50.2 Å². The molecule has 26 heavy (non-hydrogen) atoms. The lowest BCUT2D eigenvalue weighted by Crippen LogP contribution is -2.43. The molecule has 0 aliphatic carbocycles. The Balaban J connectivity index is 0. The number of carbonyl (C=O) groups is 1. The van der Waals surface area contributed by atoms with Crippen molar-refractivity contribution in [3.05, 3.63) is 0 Å². The first-order valence-electron chi connectivity index (χ1n) is 9.65. The van der Waals surface area contributed by atoms with Crippen molar-refractivity contribution in [3.8, 4) is 0 Å². The number of hydrogen-bond acceptors (Lipinski definition) is 3. The predicted octanol–water partition coefficient (Wildman–Crippen LogP) is 2.83. The molecular formula is C19H42IN5O. The molecule has 0 atom stereocenters. The summed E-state index contributed by atoms with van der Waals surface area (Å²) in [7, 11) is 0. The van der Waals surface area contributed by atoms with E-state index >= 15 is 0 Å². The first-order valence-corrected chi connectivity index (χ1v) is 9.65. The first-order chi connectivity index (χ1) is 11.6. The van der Waals surface area contributed by atoms with Crippen molar-refractivity contribution in [2.45, 2.75) is 73.9 Å². The van der Waals surface area contributed by atoms with Gasteiger partial charge in [0.05, 0.1) is 0 Å².